The molecule has 5 aromatic heterocycles. The van der Waals surface area contributed by atoms with E-state index in [0.29, 0.717) is 12.2 Å². The van der Waals surface area contributed by atoms with Crippen molar-refractivity contribution in [3.8, 4) is 11.5 Å². The van der Waals surface area contributed by atoms with Crippen molar-refractivity contribution in [3.63, 3.8) is 0 Å². The van der Waals surface area contributed by atoms with Gasteiger partial charge in [0.05, 0.1) is 42.2 Å². The number of carbonyl (C=O) groups excluding carboxylic acids is 1. The number of rotatable bonds is 2. The van der Waals surface area contributed by atoms with Crippen LogP contribution in [0.4, 0.5) is 0 Å². The monoisotopic (exact) mass is 610 g/mol. The number of H-pyrrole nitrogens is 3. The summed E-state index contributed by atoms with van der Waals surface area (Å²) in [7, 11) is 3.31. The number of para-hydroxylation sites is 1. The molecule has 9 rings (SSSR count). The largest absolute Gasteiger partial charge is 0.497 e. The second-order valence-corrected chi connectivity index (χ2v) is 11.2. The van der Waals surface area contributed by atoms with E-state index < -0.39 is 0 Å². The lowest BCUT2D eigenvalue weighted by Crippen LogP contribution is -2.31. The average Bonchev–Trinajstić information content (AvgIpc) is 3.78. The minimum absolute atomic E-state index is 0.0172. The molecule has 0 fully saturated rings. The predicted octanol–water partition coefficient (Wildman–Crippen LogP) is 7.52. The van der Waals surface area contributed by atoms with Crippen LogP contribution in [0.15, 0.2) is 85.2 Å². The van der Waals surface area contributed by atoms with E-state index in [0.717, 1.165) is 62.3 Å². The van der Waals surface area contributed by atoms with Gasteiger partial charge in [-0.05, 0) is 68.3 Å². The van der Waals surface area contributed by atoms with E-state index in [1.54, 1.807) is 14.2 Å². The number of nitrogens with one attached hydrogen (secondary N) is 4. The van der Waals surface area contributed by atoms with Gasteiger partial charge in [0, 0.05) is 69.0 Å². The Kier molecular flexibility index (Phi) is 7.50. The zero-order chi connectivity index (χ0) is 31.8. The highest BCUT2D eigenvalue weighted by molar-refractivity contribution is 6.08. The number of hydrogen-bond acceptors (Lipinski definition) is 5. The van der Waals surface area contributed by atoms with Crippen molar-refractivity contribution in [2.45, 2.75) is 20.3 Å². The average molecular weight is 611 g/mol. The molecule has 230 valence electrons. The second kappa shape index (κ2) is 11.9. The molecule has 46 heavy (non-hydrogen) atoms. The molecule has 4 N–H and O–H groups in total. The van der Waals surface area contributed by atoms with Gasteiger partial charge < -0.3 is 29.7 Å². The van der Waals surface area contributed by atoms with E-state index >= 15 is 0 Å². The molecule has 0 saturated carbocycles. The van der Waals surface area contributed by atoms with Crippen LogP contribution in [0.1, 0.15) is 27.4 Å². The van der Waals surface area contributed by atoms with Crippen LogP contribution in [0.25, 0.3) is 54.5 Å². The number of amides is 1. The van der Waals surface area contributed by atoms with Crippen molar-refractivity contribution in [2.75, 3.05) is 20.8 Å². The Morgan fingerprint density at radius 3 is 1.85 bits per heavy atom. The second-order valence-electron chi connectivity index (χ2n) is 11.2. The number of nitrogens with zero attached hydrogens (tertiary/aromatic N) is 2. The molecule has 0 atom stereocenters. The zero-order valence-corrected chi connectivity index (χ0v) is 26.1. The highest BCUT2D eigenvalue weighted by Crippen LogP contribution is 2.30. The van der Waals surface area contributed by atoms with E-state index in [2.05, 4.69) is 60.6 Å². The van der Waals surface area contributed by atoms with Crippen LogP contribution in [-0.4, -0.2) is 51.6 Å². The lowest BCUT2D eigenvalue weighted by atomic mass is 10.0. The van der Waals surface area contributed by atoms with E-state index in [1.165, 1.54) is 27.1 Å². The number of fused-ring (bicyclic) bond motifs is 9. The maximum atomic E-state index is 11.6. The van der Waals surface area contributed by atoms with Gasteiger partial charge in [0.15, 0.2) is 0 Å². The number of carbonyl (C=O) groups is 1. The first-order valence-corrected chi connectivity index (χ1v) is 15.1. The van der Waals surface area contributed by atoms with Crippen LogP contribution in [0.3, 0.4) is 0 Å². The normalized spacial score (nSPS) is 12.4. The number of hydrogen-bond donors (Lipinski definition) is 4. The molecule has 1 amide bonds. The zero-order valence-electron chi connectivity index (χ0n) is 26.1. The maximum absolute atomic E-state index is 11.6. The molecule has 0 radical (unpaired) electrons. The summed E-state index contributed by atoms with van der Waals surface area (Å²) in [4.78, 5) is 30.1. The summed E-state index contributed by atoms with van der Waals surface area (Å²) in [6, 6.07) is 24.3. The number of pyridine rings is 2. The lowest BCUT2D eigenvalue weighted by Gasteiger charge is -2.11. The molecule has 0 unspecified atom stereocenters. The molecule has 1 aliphatic rings. The number of aromatic amines is 3. The van der Waals surface area contributed by atoms with E-state index in [1.807, 2.05) is 68.7 Å². The van der Waals surface area contributed by atoms with Crippen molar-refractivity contribution in [1.29, 1.82) is 0 Å². The van der Waals surface area contributed by atoms with Crippen molar-refractivity contribution in [3.05, 3.63) is 108 Å². The summed E-state index contributed by atoms with van der Waals surface area (Å²) in [6.45, 7) is 4.75. The molecule has 0 bridgehead atoms. The van der Waals surface area contributed by atoms with E-state index in [-0.39, 0.29) is 5.91 Å². The molecule has 1 aliphatic heterocycles. The molecule has 9 nitrogen and oxygen atoms in total. The van der Waals surface area contributed by atoms with Gasteiger partial charge in [0.2, 0.25) is 0 Å². The fraction of sp³-hybridized carbons (Fsp3) is 0.162. The van der Waals surface area contributed by atoms with Gasteiger partial charge in [-0.1, -0.05) is 18.2 Å². The maximum Gasteiger partial charge on any atom is 0.268 e. The smallest absolute Gasteiger partial charge is 0.268 e. The minimum Gasteiger partial charge on any atom is -0.497 e. The third-order valence-corrected chi connectivity index (χ3v) is 8.54. The third kappa shape index (κ3) is 5.15. The Bertz CT molecular complexity index is 2380. The minimum atomic E-state index is -0.0172. The fourth-order valence-electron chi connectivity index (χ4n) is 6.19. The fourth-order valence-corrected chi connectivity index (χ4v) is 6.19. The van der Waals surface area contributed by atoms with Crippen molar-refractivity contribution >= 4 is 60.4 Å². The molecular weight excluding hydrogens is 576 g/mol. The summed E-state index contributed by atoms with van der Waals surface area (Å²) in [5.41, 5.74) is 9.35. The van der Waals surface area contributed by atoms with Gasteiger partial charge in [0.1, 0.15) is 17.2 Å². The topological polar surface area (TPSA) is 121 Å². The Morgan fingerprint density at radius 2 is 1.20 bits per heavy atom. The molecule has 9 heteroatoms. The highest BCUT2D eigenvalue weighted by Gasteiger charge is 2.21. The van der Waals surface area contributed by atoms with Crippen LogP contribution < -0.4 is 14.8 Å². The van der Waals surface area contributed by atoms with Gasteiger partial charge in [-0.15, -0.1) is 0 Å². The van der Waals surface area contributed by atoms with Crippen LogP contribution in [-0.2, 0) is 6.42 Å². The molecular formula is C37H34N6O3. The van der Waals surface area contributed by atoms with E-state index in [4.69, 9.17) is 9.47 Å². The number of benzene rings is 3. The van der Waals surface area contributed by atoms with E-state index in [9.17, 15) is 4.79 Å². The van der Waals surface area contributed by atoms with Gasteiger partial charge in [0.25, 0.3) is 5.91 Å². The summed E-state index contributed by atoms with van der Waals surface area (Å²) in [5, 5.41) is 8.89. The molecule has 3 aromatic carbocycles. The summed E-state index contributed by atoms with van der Waals surface area (Å²) in [5.74, 6) is 1.65. The Morgan fingerprint density at radius 1 is 0.630 bits per heavy atom. The quantitative estimate of drug-likeness (QED) is 0.161. The van der Waals surface area contributed by atoms with Gasteiger partial charge in [-0.3, -0.25) is 14.8 Å². The van der Waals surface area contributed by atoms with Crippen LogP contribution in [0, 0.1) is 13.8 Å². The molecule has 0 saturated heterocycles. The molecule has 0 spiro atoms. The lowest BCUT2D eigenvalue weighted by molar-refractivity contribution is 0.0942. The predicted molar refractivity (Wildman–Crippen MR) is 184 cm³/mol. The molecule has 6 heterocycles. The number of aromatic nitrogens is 5. The van der Waals surface area contributed by atoms with Crippen LogP contribution in [0.2, 0.25) is 0 Å². The first kappa shape index (κ1) is 28.9. The number of ether oxygens (including phenoxy) is 2. The van der Waals surface area contributed by atoms with Crippen LogP contribution in [0.5, 0.6) is 11.5 Å². The van der Waals surface area contributed by atoms with Crippen molar-refractivity contribution < 1.29 is 14.3 Å². The first-order chi connectivity index (χ1) is 22.4. The Labute approximate surface area is 265 Å². The third-order valence-electron chi connectivity index (χ3n) is 8.54. The number of methoxy groups -OCH3 is 2. The van der Waals surface area contributed by atoms with Gasteiger partial charge >= 0.3 is 0 Å². The Hall–Kier alpha value is -5.83. The summed E-state index contributed by atoms with van der Waals surface area (Å²) < 4.78 is 10.4. The molecule has 8 aromatic rings. The first-order valence-electron chi connectivity index (χ1n) is 15.1. The summed E-state index contributed by atoms with van der Waals surface area (Å²) >= 11 is 0. The standard InChI is InChI=1S/C13H12N2O.C12H12N2O2.C12H10N2/c1-8-13-11(5-6-14-8)10-4-3-9(16-2)7-12(10)15-13;1-16-7-2-3-8-9-4-5-13-12(15)11(9)14-10(8)6-7;1-8-12-10(6-7-13-8)9-4-2-3-5-11(9)14-12/h3-7,15H,1-2H3;2-3,6,14H,4-5H2,1H3,(H,13,15);2-7,14H,1H3. The van der Waals surface area contributed by atoms with Crippen molar-refractivity contribution in [2.24, 2.45) is 0 Å². The van der Waals surface area contributed by atoms with Gasteiger partial charge in [-0.2, -0.15) is 0 Å². The molecule has 0 aliphatic carbocycles. The van der Waals surface area contributed by atoms with Crippen LogP contribution >= 0.6 is 0 Å². The number of aryl methyl sites for hydroxylation is 2. The SMILES string of the molecule is COc1ccc2c(c1)[nH]c1c(C)nccc12.COc1ccc2c3c([nH]c2c1)C(=O)NCC3.Cc1nccc2c1[nH]c1ccccc12. The van der Waals surface area contributed by atoms with Gasteiger partial charge in [-0.25, -0.2) is 0 Å². The summed E-state index contributed by atoms with van der Waals surface area (Å²) in [6.07, 6.45) is 4.58. The highest BCUT2D eigenvalue weighted by atomic mass is 16.5. The Balaban J connectivity index is 0.000000110. The van der Waals surface area contributed by atoms with Crippen molar-refractivity contribution in [1.82, 2.24) is 30.2 Å².